The number of aromatic hydroxyl groups is 1. The van der Waals surface area contributed by atoms with Crippen LogP contribution >= 0.6 is 0 Å². The number of phenols is 1. The van der Waals surface area contributed by atoms with E-state index in [1.54, 1.807) is 24.3 Å². The molecule has 2 heterocycles. The molecule has 1 fully saturated rings. The van der Waals surface area contributed by atoms with Gasteiger partial charge in [0.2, 0.25) is 12.0 Å². The van der Waals surface area contributed by atoms with E-state index in [4.69, 9.17) is 23.4 Å². The van der Waals surface area contributed by atoms with Crippen LogP contribution in [0, 0.1) is 0 Å². The molecule has 3 aromatic rings. The molecule has 182 valence electrons. The minimum Gasteiger partial charge on any atom is -0.504 e. The molecule has 11 heteroatoms. The maximum atomic E-state index is 12.8. The zero-order valence-corrected chi connectivity index (χ0v) is 18.2. The highest BCUT2D eigenvalue weighted by atomic mass is 16.7. The predicted octanol–water partition coefficient (Wildman–Crippen LogP) is 0.361. The first-order chi connectivity index (χ1) is 16.3. The molecule has 5 atom stereocenters. The van der Waals surface area contributed by atoms with Crippen LogP contribution in [0.5, 0.6) is 23.0 Å². The van der Waals surface area contributed by atoms with E-state index in [0.717, 1.165) is 0 Å². The molecule has 0 bridgehead atoms. The summed E-state index contributed by atoms with van der Waals surface area (Å²) in [4.78, 5) is 12.8. The summed E-state index contributed by atoms with van der Waals surface area (Å²) in [7, 11) is 2.76. The highest BCUT2D eigenvalue weighted by Crippen LogP contribution is 2.43. The van der Waals surface area contributed by atoms with Crippen molar-refractivity contribution in [3.63, 3.8) is 0 Å². The molecule has 0 radical (unpaired) electrons. The molecule has 2 aromatic carbocycles. The molecule has 0 spiro atoms. The first kappa shape index (κ1) is 23.8. The minimum absolute atomic E-state index is 0.0452. The number of aliphatic hydroxyl groups is 4. The average Bonchev–Trinajstić information content (AvgIpc) is 2.84. The third-order valence-corrected chi connectivity index (χ3v) is 5.58. The fraction of sp³-hybridized carbons (Fsp3) is 0.348. The summed E-state index contributed by atoms with van der Waals surface area (Å²) in [6.45, 7) is -0.648. The number of benzene rings is 2. The van der Waals surface area contributed by atoms with Crippen LogP contribution in [0.4, 0.5) is 0 Å². The Hall–Kier alpha value is -3.35. The van der Waals surface area contributed by atoms with Gasteiger partial charge in [0.05, 0.1) is 20.8 Å². The number of hydrogen-bond donors (Lipinski definition) is 5. The van der Waals surface area contributed by atoms with Crippen LogP contribution < -0.4 is 19.6 Å². The lowest BCUT2D eigenvalue weighted by atomic mass is 9.99. The summed E-state index contributed by atoms with van der Waals surface area (Å²) in [5.41, 5.74) is -0.00928. The van der Waals surface area contributed by atoms with Crippen molar-refractivity contribution in [2.45, 2.75) is 30.7 Å². The van der Waals surface area contributed by atoms with Crippen LogP contribution in [-0.4, -0.2) is 77.1 Å². The monoisotopic (exact) mass is 476 g/mol. The van der Waals surface area contributed by atoms with Crippen LogP contribution in [0.3, 0.4) is 0 Å². The Morgan fingerprint density at radius 1 is 0.971 bits per heavy atom. The maximum Gasteiger partial charge on any atom is 0.229 e. The molecule has 5 N–H and O–H groups in total. The molecule has 1 aliphatic rings. The molecule has 1 aliphatic heterocycles. The van der Waals surface area contributed by atoms with Gasteiger partial charge in [0.25, 0.3) is 0 Å². The summed E-state index contributed by atoms with van der Waals surface area (Å²) in [5, 5.41) is 50.2. The van der Waals surface area contributed by atoms with Crippen molar-refractivity contribution in [3.05, 3.63) is 46.6 Å². The van der Waals surface area contributed by atoms with Crippen molar-refractivity contribution < 1.29 is 48.9 Å². The number of ether oxygens (including phenoxy) is 4. The molecular weight excluding hydrogens is 452 g/mol. The van der Waals surface area contributed by atoms with Crippen LogP contribution in [-0.2, 0) is 4.74 Å². The van der Waals surface area contributed by atoms with Gasteiger partial charge < -0.3 is 48.9 Å². The smallest absolute Gasteiger partial charge is 0.229 e. The maximum absolute atomic E-state index is 12.8. The number of aliphatic hydroxyl groups excluding tert-OH is 4. The second-order valence-electron chi connectivity index (χ2n) is 7.65. The molecule has 0 aliphatic carbocycles. The topological polar surface area (TPSA) is 168 Å². The molecule has 11 nitrogen and oxygen atoms in total. The lowest BCUT2D eigenvalue weighted by molar-refractivity contribution is -0.277. The third-order valence-electron chi connectivity index (χ3n) is 5.58. The van der Waals surface area contributed by atoms with Crippen LogP contribution in [0.1, 0.15) is 0 Å². The highest BCUT2D eigenvalue weighted by molar-refractivity contribution is 5.89. The Balaban J connectivity index is 1.78. The number of rotatable bonds is 6. The molecule has 0 amide bonds. The summed E-state index contributed by atoms with van der Waals surface area (Å²) < 4.78 is 27.1. The number of phenolic OH excluding ortho intramolecular Hbond substituents is 1. The summed E-state index contributed by atoms with van der Waals surface area (Å²) >= 11 is 0. The second-order valence-corrected chi connectivity index (χ2v) is 7.65. The lowest BCUT2D eigenvalue weighted by Crippen LogP contribution is -2.60. The third kappa shape index (κ3) is 4.15. The van der Waals surface area contributed by atoms with Gasteiger partial charge in [0.15, 0.2) is 16.9 Å². The van der Waals surface area contributed by atoms with Crippen LogP contribution in [0.25, 0.3) is 22.3 Å². The molecule has 1 saturated heterocycles. The van der Waals surface area contributed by atoms with Crippen molar-refractivity contribution in [3.8, 4) is 34.3 Å². The first-order valence-corrected chi connectivity index (χ1v) is 10.3. The normalized spacial score (nSPS) is 24.7. The van der Waals surface area contributed by atoms with E-state index in [1.807, 2.05) is 0 Å². The Morgan fingerprint density at radius 2 is 1.68 bits per heavy atom. The second kappa shape index (κ2) is 9.49. The quantitative estimate of drug-likeness (QED) is 0.333. The molecule has 34 heavy (non-hydrogen) atoms. The molecule has 4 rings (SSSR count). The van der Waals surface area contributed by atoms with Crippen LogP contribution in [0.2, 0.25) is 0 Å². The van der Waals surface area contributed by atoms with Crippen molar-refractivity contribution in [1.82, 2.24) is 0 Å². The van der Waals surface area contributed by atoms with Gasteiger partial charge >= 0.3 is 0 Å². The van der Waals surface area contributed by atoms with E-state index in [2.05, 4.69) is 0 Å². The van der Waals surface area contributed by atoms with Gasteiger partial charge in [0, 0.05) is 17.7 Å². The molecular formula is C23H24O11. The highest BCUT2D eigenvalue weighted by Gasteiger charge is 2.45. The van der Waals surface area contributed by atoms with E-state index in [-0.39, 0.29) is 28.2 Å². The standard InChI is InChI=1S/C23H24O11/c1-30-11-5-3-10(4-6-11)13-7-12(25)17-14(32-13)8-15(22(31-2)19(17)27)33-23-21(29)20(28)18(26)16(9-24)34-23/h3-8,16,18,20-21,23-24,26-29H,9H2,1-2H3/t16?,18-,20?,21+,23-/m1/s1. The van der Waals surface area contributed by atoms with Gasteiger partial charge in [-0.25, -0.2) is 0 Å². The number of hydrogen-bond acceptors (Lipinski definition) is 11. The van der Waals surface area contributed by atoms with Gasteiger partial charge in [0.1, 0.15) is 46.9 Å². The van der Waals surface area contributed by atoms with Crippen molar-refractivity contribution in [1.29, 1.82) is 0 Å². The van der Waals surface area contributed by atoms with Gasteiger partial charge in [-0.15, -0.1) is 0 Å². The van der Waals surface area contributed by atoms with Gasteiger partial charge in [-0.05, 0) is 24.3 Å². The SMILES string of the molecule is COc1ccc(-c2cc(=O)c3c(O)c(OC)c(O[C@@H]4OC(CO)[C@@H](O)C(O)[C@@H]4O)cc3o2)cc1. The summed E-state index contributed by atoms with van der Waals surface area (Å²) in [5.74, 6) is -0.150. The molecule has 0 saturated carbocycles. The summed E-state index contributed by atoms with van der Waals surface area (Å²) in [6.07, 6.45) is -7.69. The molecule has 1 aromatic heterocycles. The summed E-state index contributed by atoms with van der Waals surface area (Å²) in [6, 6.07) is 9.26. The van der Waals surface area contributed by atoms with E-state index < -0.39 is 48.5 Å². The Kier molecular flexibility index (Phi) is 6.64. The van der Waals surface area contributed by atoms with Crippen LogP contribution in [0.15, 0.2) is 45.6 Å². The van der Waals surface area contributed by atoms with Crippen molar-refractivity contribution in [2.24, 2.45) is 0 Å². The zero-order valence-electron chi connectivity index (χ0n) is 18.2. The van der Waals surface area contributed by atoms with Crippen molar-refractivity contribution >= 4 is 11.0 Å². The Labute approximate surface area is 192 Å². The Bertz CT molecular complexity index is 1220. The van der Waals surface area contributed by atoms with Crippen molar-refractivity contribution in [2.75, 3.05) is 20.8 Å². The fourth-order valence-corrected chi connectivity index (χ4v) is 3.73. The fourth-order valence-electron chi connectivity index (χ4n) is 3.73. The molecule has 2 unspecified atom stereocenters. The number of fused-ring (bicyclic) bond motifs is 1. The zero-order chi connectivity index (χ0) is 24.6. The average molecular weight is 476 g/mol. The predicted molar refractivity (Wildman–Crippen MR) is 117 cm³/mol. The van der Waals surface area contributed by atoms with E-state index in [0.29, 0.717) is 11.3 Å². The lowest BCUT2D eigenvalue weighted by Gasteiger charge is -2.39. The Morgan fingerprint density at radius 3 is 2.29 bits per heavy atom. The minimum atomic E-state index is -1.70. The number of methoxy groups -OCH3 is 2. The van der Waals surface area contributed by atoms with Gasteiger partial charge in [-0.3, -0.25) is 4.79 Å². The largest absolute Gasteiger partial charge is 0.504 e. The van der Waals surface area contributed by atoms with Gasteiger partial charge in [-0.2, -0.15) is 0 Å². The van der Waals surface area contributed by atoms with E-state index in [9.17, 15) is 30.3 Å². The van der Waals surface area contributed by atoms with Gasteiger partial charge in [-0.1, -0.05) is 0 Å². The van der Waals surface area contributed by atoms with E-state index in [1.165, 1.54) is 26.4 Å². The first-order valence-electron chi connectivity index (χ1n) is 10.3. The van der Waals surface area contributed by atoms with E-state index >= 15 is 0 Å².